The van der Waals surface area contributed by atoms with Crippen molar-refractivity contribution < 1.29 is 5.11 Å². The second-order valence-corrected chi connectivity index (χ2v) is 5.56. The summed E-state index contributed by atoms with van der Waals surface area (Å²) in [7, 11) is 0. The largest absolute Gasteiger partial charge is 0.392 e. The summed E-state index contributed by atoms with van der Waals surface area (Å²) in [5.74, 6) is 0.755. The smallest absolute Gasteiger partial charge is 0.0612 e. The van der Waals surface area contributed by atoms with Crippen LogP contribution in [0.25, 0.3) is 0 Å². The van der Waals surface area contributed by atoms with E-state index in [1.807, 2.05) is 0 Å². The minimum absolute atomic E-state index is 0.0642. The maximum Gasteiger partial charge on any atom is 0.0612 e. The van der Waals surface area contributed by atoms with Crippen LogP contribution in [0.2, 0.25) is 0 Å². The summed E-state index contributed by atoms with van der Waals surface area (Å²) in [6, 6.07) is 0. The van der Waals surface area contributed by atoms with Crippen molar-refractivity contribution in [1.29, 1.82) is 0 Å². The molecule has 0 aromatic carbocycles. The molecule has 0 amide bonds. The number of aliphatic hydroxyl groups is 1. The van der Waals surface area contributed by atoms with E-state index in [0.717, 1.165) is 17.7 Å². The van der Waals surface area contributed by atoms with Gasteiger partial charge in [-0.3, -0.25) is 0 Å². The third-order valence-corrected chi connectivity index (χ3v) is 5.63. The molecule has 0 aromatic rings. The molecule has 2 aliphatic rings. The molecule has 3 atom stereocenters. The summed E-state index contributed by atoms with van der Waals surface area (Å²) < 4.78 is 0. The highest BCUT2D eigenvalue weighted by molar-refractivity contribution is 9.09. The molecule has 2 bridgehead atoms. The third-order valence-electron chi connectivity index (χ3n) is 4.63. The first-order chi connectivity index (χ1) is 5.54. The summed E-state index contributed by atoms with van der Waals surface area (Å²) in [5.41, 5.74) is 0.521. The van der Waals surface area contributed by atoms with Gasteiger partial charge in [-0.05, 0) is 30.6 Å². The quantitative estimate of drug-likeness (QED) is 0.690. The molecule has 1 N–H and O–H groups in total. The Balaban J connectivity index is 2.39. The maximum atomic E-state index is 9.98. The second kappa shape index (κ2) is 2.48. The van der Waals surface area contributed by atoms with Crippen LogP contribution < -0.4 is 0 Å². The lowest BCUT2D eigenvalue weighted by atomic mass is 9.70. The summed E-state index contributed by atoms with van der Waals surface area (Å²) >= 11 is 3.58. The molecule has 0 aliphatic heterocycles. The molecule has 0 unspecified atom stereocenters. The van der Waals surface area contributed by atoms with Gasteiger partial charge in [-0.1, -0.05) is 29.8 Å². The molecular weight excluding hydrogens is 216 g/mol. The fourth-order valence-electron chi connectivity index (χ4n) is 3.35. The Morgan fingerprint density at radius 2 is 2.17 bits per heavy atom. The van der Waals surface area contributed by atoms with Crippen molar-refractivity contribution in [3.8, 4) is 0 Å². The molecule has 2 heteroatoms. The Bertz CT molecular complexity index is 202. The lowest BCUT2D eigenvalue weighted by molar-refractivity contribution is 0.0178. The number of hydrogen-bond acceptors (Lipinski definition) is 1. The predicted molar refractivity (Wildman–Crippen MR) is 53.4 cm³/mol. The van der Waals surface area contributed by atoms with Gasteiger partial charge < -0.3 is 5.11 Å². The van der Waals surface area contributed by atoms with Crippen LogP contribution in [0.3, 0.4) is 0 Å². The van der Waals surface area contributed by atoms with Gasteiger partial charge in [-0.25, -0.2) is 0 Å². The summed E-state index contributed by atoms with van der Waals surface area (Å²) in [5, 5.41) is 10.9. The topological polar surface area (TPSA) is 20.2 Å². The highest BCUT2D eigenvalue weighted by Crippen LogP contribution is 2.66. The zero-order valence-corrected chi connectivity index (χ0v) is 9.39. The van der Waals surface area contributed by atoms with Gasteiger partial charge in [0.25, 0.3) is 0 Å². The number of hydrogen-bond donors (Lipinski definition) is 1. The molecule has 70 valence electrons. The molecule has 0 spiro atoms. The number of rotatable bonds is 1. The highest BCUT2D eigenvalue weighted by atomic mass is 79.9. The Morgan fingerprint density at radius 3 is 2.42 bits per heavy atom. The normalized spacial score (nSPS) is 50.0. The number of alkyl halides is 1. The fraction of sp³-hybridized carbons (Fsp3) is 1.00. The van der Waals surface area contributed by atoms with Crippen molar-refractivity contribution in [3.05, 3.63) is 0 Å². The van der Waals surface area contributed by atoms with Gasteiger partial charge in [-0.15, -0.1) is 0 Å². The third kappa shape index (κ3) is 0.784. The molecular formula is C10H17BrO. The van der Waals surface area contributed by atoms with Gasteiger partial charge in [0.1, 0.15) is 0 Å². The van der Waals surface area contributed by atoms with Gasteiger partial charge in [-0.2, -0.15) is 0 Å². The summed E-state index contributed by atoms with van der Waals surface area (Å²) in [4.78, 5) is 0. The summed E-state index contributed by atoms with van der Waals surface area (Å²) in [6.45, 7) is 4.64. The average molecular weight is 233 g/mol. The first-order valence-corrected chi connectivity index (χ1v) is 5.91. The van der Waals surface area contributed by atoms with E-state index in [9.17, 15) is 5.11 Å². The van der Waals surface area contributed by atoms with Crippen molar-refractivity contribution in [3.63, 3.8) is 0 Å². The van der Waals surface area contributed by atoms with Crippen molar-refractivity contribution in [2.24, 2.45) is 16.7 Å². The lowest BCUT2D eigenvalue weighted by Gasteiger charge is -2.38. The Kier molecular flexibility index (Phi) is 1.86. The molecule has 0 saturated heterocycles. The Labute approximate surface area is 82.7 Å². The summed E-state index contributed by atoms with van der Waals surface area (Å²) in [6.07, 6.45) is 3.48. The van der Waals surface area contributed by atoms with E-state index in [1.165, 1.54) is 12.8 Å². The molecule has 2 fully saturated rings. The van der Waals surface area contributed by atoms with E-state index in [1.54, 1.807) is 0 Å². The van der Waals surface area contributed by atoms with Gasteiger partial charge in [0.05, 0.1) is 6.10 Å². The highest BCUT2D eigenvalue weighted by Gasteiger charge is 2.62. The molecule has 12 heavy (non-hydrogen) atoms. The van der Waals surface area contributed by atoms with Crippen LogP contribution in [0.4, 0.5) is 0 Å². The van der Waals surface area contributed by atoms with E-state index in [4.69, 9.17) is 0 Å². The van der Waals surface area contributed by atoms with Crippen LogP contribution in [0.15, 0.2) is 0 Å². The van der Waals surface area contributed by atoms with Gasteiger partial charge in [0.2, 0.25) is 0 Å². The van der Waals surface area contributed by atoms with Crippen molar-refractivity contribution in [2.75, 3.05) is 5.33 Å². The van der Waals surface area contributed by atoms with Crippen LogP contribution in [0.5, 0.6) is 0 Å². The first kappa shape index (κ1) is 9.01. The molecule has 0 aromatic heterocycles. The first-order valence-electron chi connectivity index (χ1n) is 4.78. The maximum absolute atomic E-state index is 9.98. The SMILES string of the molecule is CC1(C)[C@H]2CC[C@@]1(CBr)[C@H](O)C2. The minimum Gasteiger partial charge on any atom is -0.392 e. The van der Waals surface area contributed by atoms with Gasteiger partial charge >= 0.3 is 0 Å². The van der Waals surface area contributed by atoms with Crippen LogP contribution in [0.1, 0.15) is 33.1 Å². The Morgan fingerprint density at radius 1 is 1.50 bits per heavy atom. The molecule has 1 nitrogen and oxygen atoms in total. The monoisotopic (exact) mass is 232 g/mol. The molecule has 0 heterocycles. The van der Waals surface area contributed by atoms with Crippen LogP contribution >= 0.6 is 15.9 Å². The van der Waals surface area contributed by atoms with Crippen molar-refractivity contribution in [2.45, 2.75) is 39.2 Å². The Hall–Kier alpha value is 0.440. The minimum atomic E-state index is -0.0642. The zero-order valence-electron chi connectivity index (χ0n) is 7.81. The zero-order chi connectivity index (χ0) is 8.98. The number of aliphatic hydroxyl groups excluding tert-OH is 1. The van der Waals surface area contributed by atoms with Gasteiger partial charge in [0.15, 0.2) is 0 Å². The van der Waals surface area contributed by atoms with Crippen LogP contribution in [0, 0.1) is 16.7 Å². The molecule has 2 rings (SSSR count). The number of fused-ring (bicyclic) bond motifs is 2. The lowest BCUT2D eigenvalue weighted by Crippen LogP contribution is -2.40. The standard InChI is InChI=1S/C10H17BrO/c1-9(2)7-3-4-10(9,6-11)8(12)5-7/h7-8,12H,3-6H2,1-2H3/t7-,8+,10+/m0/s1. The number of halogens is 1. The van der Waals surface area contributed by atoms with Crippen LogP contribution in [-0.4, -0.2) is 16.5 Å². The molecule has 0 radical (unpaired) electrons. The van der Waals surface area contributed by atoms with E-state index in [0.29, 0.717) is 5.41 Å². The van der Waals surface area contributed by atoms with E-state index >= 15 is 0 Å². The van der Waals surface area contributed by atoms with E-state index in [-0.39, 0.29) is 11.5 Å². The molecule has 2 saturated carbocycles. The molecule has 2 aliphatic carbocycles. The average Bonchev–Trinajstić information content (AvgIpc) is 2.36. The predicted octanol–water partition coefficient (Wildman–Crippen LogP) is 2.57. The van der Waals surface area contributed by atoms with E-state index in [2.05, 4.69) is 29.8 Å². The van der Waals surface area contributed by atoms with Crippen LogP contribution in [-0.2, 0) is 0 Å². The fourth-order valence-corrected chi connectivity index (χ4v) is 4.73. The van der Waals surface area contributed by atoms with Crippen molar-refractivity contribution in [1.82, 2.24) is 0 Å². The van der Waals surface area contributed by atoms with Gasteiger partial charge in [0, 0.05) is 10.7 Å². The second-order valence-electron chi connectivity index (χ2n) is 5.00. The van der Waals surface area contributed by atoms with E-state index < -0.39 is 0 Å². The van der Waals surface area contributed by atoms with Crippen molar-refractivity contribution >= 4 is 15.9 Å².